The zero-order chi connectivity index (χ0) is 30.8. The van der Waals surface area contributed by atoms with Crippen molar-refractivity contribution >= 4 is 38.9 Å². The van der Waals surface area contributed by atoms with Gasteiger partial charge in [0.05, 0.1) is 16.9 Å². The number of nitrogens with zero attached hydrogens (tertiary/aromatic N) is 10. The lowest BCUT2D eigenvalue weighted by Crippen LogP contribution is -2.33. The van der Waals surface area contributed by atoms with Crippen LogP contribution >= 0.6 is 15.9 Å². The van der Waals surface area contributed by atoms with Crippen molar-refractivity contribution in [2.45, 2.75) is 39.5 Å². The van der Waals surface area contributed by atoms with E-state index in [0.717, 1.165) is 87.7 Å². The number of fused-ring (bicyclic) bond motifs is 2. The zero-order valence-electron chi connectivity index (χ0n) is 25.7. The minimum atomic E-state index is 0.820. The van der Waals surface area contributed by atoms with Gasteiger partial charge in [0.1, 0.15) is 11.6 Å². The van der Waals surface area contributed by atoms with Gasteiger partial charge >= 0.3 is 0 Å². The van der Waals surface area contributed by atoms with Crippen molar-refractivity contribution < 1.29 is 0 Å². The highest BCUT2D eigenvalue weighted by atomic mass is 79.9. The second-order valence-electron chi connectivity index (χ2n) is 12.2. The molecule has 8 heterocycles. The summed E-state index contributed by atoms with van der Waals surface area (Å²) in [5.41, 5.74) is 5.85. The lowest BCUT2D eigenvalue weighted by molar-refractivity contribution is 0.436. The summed E-state index contributed by atoms with van der Waals surface area (Å²) < 4.78 is 4.46. The van der Waals surface area contributed by atoms with Crippen molar-refractivity contribution in [3.05, 3.63) is 84.4 Å². The summed E-state index contributed by atoms with van der Waals surface area (Å²) in [4.78, 5) is 22.9. The van der Waals surface area contributed by atoms with E-state index in [1.54, 1.807) is 21.4 Å². The number of piperidine rings is 2. The minimum absolute atomic E-state index is 0.820. The topological polar surface area (TPSA) is 92.6 Å². The summed E-state index contributed by atoms with van der Waals surface area (Å²) in [7, 11) is 0. The van der Waals surface area contributed by atoms with Crippen LogP contribution < -0.4 is 9.80 Å². The second kappa shape index (κ2) is 12.9. The molecule has 0 saturated carbocycles. The molecule has 2 aliphatic heterocycles. The lowest BCUT2D eigenvalue weighted by Gasteiger charge is -2.31. The Morgan fingerprint density at radius 1 is 0.578 bits per heavy atom. The molecule has 0 aliphatic carbocycles. The van der Waals surface area contributed by atoms with Gasteiger partial charge in [0.25, 0.3) is 0 Å². The average Bonchev–Trinajstić information content (AvgIpc) is 3.72. The van der Waals surface area contributed by atoms with Crippen LogP contribution in [0.5, 0.6) is 0 Å². The quantitative estimate of drug-likeness (QED) is 0.203. The Morgan fingerprint density at radius 3 is 1.67 bits per heavy atom. The van der Waals surface area contributed by atoms with Crippen molar-refractivity contribution in [3.63, 3.8) is 0 Å². The highest BCUT2D eigenvalue weighted by molar-refractivity contribution is 9.10. The molecule has 0 bridgehead atoms. The first-order valence-corrected chi connectivity index (χ1v) is 16.5. The molecule has 0 N–H and O–H groups in total. The van der Waals surface area contributed by atoms with E-state index in [0.29, 0.717) is 0 Å². The predicted octanol–water partition coefficient (Wildman–Crippen LogP) is 6.82. The molecule has 0 aromatic carbocycles. The number of rotatable bonds is 4. The fraction of sp³-hybridized carbons (Fsp3) is 0.353. The molecule has 0 atom stereocenters. The van der Waals surface area contributed by atoms with Crippen molar-refractivity contribution in [3.8, 4) is 22.3 Å². The molecule has 45 heavy (non-hydrogen) atoms. The average molecular weight is 666 g/mol. The third kappa shape index (κ3) is 6.54. The Hall–Kier alpha value is -4.38. The lowest BCUT2D eigenvalue weighted by atomic mass is 9.99. The van der Waals surface area contributed by atoms with E-state index < -0.39 is 0 Å². The van der Waals surface area contributed by atoms with Gasteiger partial charge in [-0.05, 0) is 77.7 Å². The molecule has 2 saturated heterocycles. The summed E-state index contributed by atoms with van der Waals surface area (Å²) in [6.45, 7) is 9.06. The van der Waals surface area contributed by atoms with Crippen molar-refractivity contribution in [1.82, 2.24) is 39.2 Å². The van der Waals surface area contributed by atoms with E-state index in [2.05, 4.69) is 94.0 Å². The summed E-state index contributed by atoms with van der Waals surface area (Å²) >= 11 is 3.44. The highest BCUT2D eigenvalue weighted by Crippen LogP contribution is 2.26. The van der Waals surface area contributed by atoms with Crippen LogP contribution in [0.4, 0.5) is 11.6 Å². The molecule has 230 valence electrons. The largest absolute Gasteiger partial charge is 0.357 e. The van der Waals surface area contributed by atoms with Crippen molar-refractivity contribution in [2.24, 2.45) is 11.8 Å². The normalized spacial score (nSPS) is 16.2. The first kappa shape index (κ1) is 29.3. The minimum Gasteiger partial charge on any atom is -0.357 e. The molecular formula is C34H37BrN10. The van der Waals surface area contributed by atoms with E-state index in [4.69, 9.17) is 0 Å². The molecule has 6 aromatic rings. The van der Waals surface area contributed by atoms with Crippen LogP contribution in [-0.2, 0) is 0 Å². The van der Waals surface area contributed by atoms with Crippen LogP contribution in [0.3, 0.4) is 0 Å². The standard InChI is InChI=1S/C17H18BrN5.C17H19N5/c1-12-4-6-22(7-5-12)16-3-2-13(8-19-16)14-9-20-17-15(18)10-21-23(17)11-14;1-13-5-8-21(9-6-13)16-3-2-14(10-18-16)15-11-19-17-4-7-20-22(17)12-15/h2-3,8-12H,4-7H2,1H3;2-4,7,10-13H,5-6,8-9H2,1H3. The van der Waals surface area contributed by atoms with E-state index in [1.807, 2.05) is 43.2 Å². The Kier molecular flexibility index (Phi) is 8.43. The van der Waals surface area contributed by atoms with Crippen molar-refractivity contribution in [2.75, 3.05) is 36.0 Å². The number of pyridine rings is 2. The highest BCUT2D eigenvalue weighted by Gasteiger charge is 2.18. The number of halogens is 1. The first-order valence-electron chi connectivity index (χ1n) is 15.7. The van der Waals surface area contributed by atoms with Gasteiger partial charge in [-0.3, -0.25) is 0 Å². The molecule has 2 fully saturated rings. The summed E-state index contributed by atoms with van der Waals surface area (Å²) in [6, 6.07) is 10.3. The van der Waals surface area contributed by atoms with Gasteiger partial charge < -0.3 is 9.80 Å². The second-order valence-corrected chi connectivity index (χ2v) is 13.1. The fourth-order valence-corrected chi connectivity index (χ4v) is 6.29. The third-order valence-corrected chi connectivity index (χ3v) is 9.50. The Bertz CT molecular complexity index is 1870. The summed E-state index contributed by atoms with van der Waals surface area (Å²) in [5, 5.41) is 8.51. The van der Waals surface area contributed by atoms with Gasteiger partial charge in [-0.15, -0.1) is 0 Å². The van der Waals surface area contributed by atoms with Gasteiger partial charge in [-0.2, -0.15) is 10.2 Å². The Labute approximate surface area is 271 Å². The maximum Gasteiger partial charge on any atom is 0.169 e. The molecule has 8 rings (SSSR count). The fourth-order valence-electron chi connectivity index (χ4n) is 5.92. The van der Waals surface area contributed by atoms with Gasteiger partial charge in [0.2, 0.25) is 0 Å². The monoisotopic (exact) mass is 664 g/mol. The molecular weight excluding hydrogens is 628 g/mol. The number of aromatic nitrogens is 8. The van der Waals surface area contributed by atoms with E-state index in [1.165, 1.54) is 25.7 Å². The molecule has 11 heteroatoms. The Balaban J connectivity index is 0.000000145. The SMILES string of the molecule is CC1CCN(c2ccc(-c3cnc4c(Br)cnn4c3)cn2)CC1.CC1CCN(c2ccc(-c3cnc4ccnn4c3)cn2)CC1. The molecule has 10 nitrogen and oxygen atoms in total. The Morgan fingerprint density at radius 2 is 1.11 bits per heavy atom. The van der Waals surface area contributed by atoms with Gasteiger partial charge in [0, 0.05) is 91.7 Å². The van der Waals surface area contributed by atoms with Crippen LogP contribution in [0.1, 0.15) is 39.5 Å². The van der Waals surface area contributed by atoms with E-state index in [-0.39, 0.29) is 0 Å². The van der Waals surface area contributed by atoms with E-state index in [9.17, 15) is 0 Å². The first-order chi connectivity index (χ1) is 22.0. The predicted molar refractivity (Wildman–Crippen MR) is 181 cm³/mol. The van der Waals surface area contributed by atoms with Crippen LogP contribution in [0.25, 0.3) is 33.5 Å². The maximum atomic E-state index is 4.65. The zero-order valence-corrected chi connectivity index (χ0v) is 27.3. The van der Waals surface area contributed by atoms with Gasteiger partial charge in [0.15, 0.2) is 11.3 Å². The van der Waals surface area contributed by atoms with Crippen LogP contribution in [0.15, 0.2) is 84.4 Å². The maximum absolute atomic E-state index is 4.65. The molecule has 0 spiro atoms. The van der Waals surface area contributed by atoms with Crippen LogP contribution in [-0.4, -0.2) is 65.3 Å². The molecule has 2 aliphatic rings. The summed E-state index contributed by atoms with van der Waals surface area (Å²) in [6.07, 6.45) is 20.1. The molecule has 0 radical (unpaired) electrons. The molecule has 0 unspecified atom stereocenters. The number of anilines is 2. The number of hydrogen-bond donors (Lipinski definition) is 0. The van der Waals surface area contributed by atoms with Gasteiger partial charge in [-0.25, -0.2) is 29.0 Å². The van der Waals surface area contributed by atoms with Gasteiger partial charge in [-0.1, -0.05) is 13.8 Å². The number of hydrogen-bond acceptors (Lipinski definition) is 8. The third-order valence-electron chi connectivity index (χ3n) is 8.94. The van der Waals surface area contributed by atoms with Crippen molar-refractivity contribution in [1.29, 1.82) is 0 Å². The molecule has 6 aromatic heterocycles. The van der Waals surface area contributed by atoms with Crippen LogP contribution in [0.2, 0.25) is 0 Å². The van der Waals surface area contributed by atoms with E-state index >= 15 is 0 Å². The molecule has 0 amide bonds. The smallest absolute Gasteiger partial charge is 0.169 e. The van der Waals surface area contributed by atoms with Crippen LogP contribution in [0, 0.1) is 11.8 Å². The summed E-state index contributed by atoms with van der Waals surface area (Å²) in [5.74, 6) is 3.81.